The minimum atomic E-state index is 0.216. The van der Waals surface area contributed by atoms with Gasteiger partial charge in [-0.2, -0.15) is 0 Å². The van der Waals surface area contributed by atoms with Gasteiger partial charge in [0.2, 0.25) is 0 Å². The van der Waals surface area contributed by atoms with Crippen LogP contribution in [0.5, 0.6) is 0 Å². The molecule has 0 aromatic carbocycles. The van der Waals surface area contributed by atoms with Crippen molar-refractivity contribution in [3.63, 3.8) is 0 Å². The maximum atomic E-state index is 5.42. The molecule has 0 bridgehead atoms. The van der Waals surface area contributed by atoms with Crippen LogP contribution < -0.4 is 5.32 Å². The quantitative estimate of drug-likeness (QED) is 0.867. The Morgan fingerprint density at radius 3 is 3.25 bits per heavy atom. The van der Waals surface area contributed by atoms with Crippen molar-refractivity contribution in [2.24, 2.45) is 0 Å². The van der Waals surface area contributed by atoms with Crippen LogP contribution >= 0.6 is 11.3 Å². The van der Waals surface area contributed by atoms with Gasteiger partial charge in [0.25, 0.3) is 0 Å². The van der Waals surface area contributed by atoms with Gasteiger partial charge in [0.05, 0.1) is 31.2 Å². The number of thiazole rings is 1. The minimum absolute atomic E-state index is 0.216. The SMILES string of the molecule is c1coc(-c2nc(C3COCCN3)cs2)c1. The fraction of sp³-hybridized carbons (Fsp3) is 0.364. The highest BCUT2D eigenvalue weighted by Crippen LogP contribution is 2.27. The smallest absolute Gasteiger partial charge is 0.162 e. The van der Waals surface area contributed by atoms with Crippen LogP contribution in [0.4, 0.5) is 0 Å². The fourth-order valence-electron chi connectivity index (χ4n) is 1.72. The van der Waals surface area contributed by atoms with Crippen molar-refractivity contribution in [3.8, 4) is 10.8 Å². The maximum absolute atomic E-state index is 5.42. The monoisotopic (exact) mass is 236 g/mol. The Hall–Kier alpha value is -1.17. The third-order valence-electron chi connectivity index (χ3n) is 2.53. The molecular weight excluding hydrogens is 224 g/mol. The molecule has 1 aliphatic heterocycles. The maximum Gasteiger partial charge on any atom is 0.162 e. The van der Waals surface area contributed by atoms with Crippen molar-refractivity contribution in [1.29, 1.82) is 0 Å². The summed E-state index contributed by atoms with van der Waals surface area (Å²) in [5.74, 6) is 0.827. The van der Waals surface area contributed by atoms with Gasteiger partial charge in [-0.1, -0.05) is 0 Å². The van der Waals surface area contributed by atoms with Crippen molar-refractivity contribution in [3.05, 3.63) is 29.5 Å². The number of nitrogens with one attached hydrogen (secondary N) is 1. The molecule has 0 radical (unpaired) electrons. The topological polar surface area (TPSA) is 47.3 Å². The third-order valence-corrected chi connectivity index (χ3v) is 3.41. The van der Waals surface area contributed by atoms with E-state index in [4.69, 9.17) is 9.15 Å². The summed E-state index contributed by atoms with van der Waals surface area (Å²) in [5, 5.41) is 6.37. The Balaban J connectivity index is 1.82. The van der Waals surface area contributed by atoms with E-state index in [1.807, 2.05) is 12.1 Å². The van der Waals surface area contributed by atoms with Gasteiger partial charge in [0, 0.05) is 11.9 Å². The fourth-order valence-corrected chi connectivity index (χ4v) is 2.55. The lowest BCUT2D eigenvalue weighted by molar-refractivity contribution is 0.0758. The standard InChI is InChI=1S/C11H12N2O2S/c1-2-10(15-4-1)11-13-9(7-16-11)8-6-14-5-3-12-8/h1-2,4,7-8,12H,3,5-6H2. The molecule has 1 aliphatic rings. The van der Waals surface area contributed by atoms with Gasteiger partial charge in [-0.25, -0.2) is 4.98 Å². The first-order chi connectivity index (χ1) is 7.93. The summed E-state index contributed by atoms with van der Waals surface area (Å²) in [6, 6.07) is 4.01. The van der Waals surface area contributed by atoms with Crippen LogP contribution in [0.15, 0.2) is 28.2 Å². The normalized spacial score (nSPS) is 21.1. The molecule has 3 rings (SSSR count). The molecule has 16 heavy (non-hydrogen) atoms. The second kappa shape index (κ2) is 4.37. The molecule has 1 unspecified atom stereocenters. The molecular formula is C11H12N2O2S. The van der Waals surface area contributed by atoms with E-state index < -0.39 is 0 Å². The van der Waals surface area contributed by atoms with E-state index in [0.29, 0.717) is 6.61 Å². The summed E-state index contributed by atoms with van der Waals surface area (Å²) >= 11 is 1.60. The molecule has 0 aliphatic carbocycles. The second-order valence-electron chi connectivity index (χ2n) is 3.64. The van der Waals surface area contributed by atoms with Gasteiger partial charge < -0.3 is 14.5 Å². The van der Waals surface area contributed by atoms with Gasteiger partial charge in [0.15, 0.2) is 10.8 Å². The molecule has 4 nitrogen and oxygen atoms in total. The predicted octanol–water partition coefficient (Wildman–Crippen LogP) is 2.06. The number of morpholine rings is 1. The highest BCUT2D eigenvalue weighted by atomic mass is 32.1. The lowest BCUT2D eigenvalue weighted by Gasteiger charge is -2.21. The van der Waals surface area contributed by atoms with Crippen LogP contribution in [0.3, 0.4) is 0 Å². The van der Waals surface area contributed by atoms with Crippen LogP contribution in [0, 0.1) is 0 Å². The van der Waals surface area contributed by atoms with E-state index in [0.717, 1.165) is 29.6 Å². The Morgan fingerprint density at radius 2 is 2.50 bits per heavy atom. The zero-order valence-electron chi connectivity index (χ0n) is 8.68. The number of aromatic nitrogens is 1. The lowest BCUT2D eigenvalue weighted by atomic mass is 10.2. The molecule has 0 saturated carbocycles. The molecule has 2 aromatic rings. The summed E-state index contributed by atoms with van der Waals surface area (Å²) in [5.41, 5.74) is 1.04. The first-order valence-corrected chi connectivity index (χ1v) is 6.12. The largest absolute Gasteiger partial charge is 0.462 e. The van der Waals surface area contributed by atoms with Gasteiger partial charge >= 0.3 is 0 Å². The van der Waals surface area contributed by atoms with E-state index in [1.54, 1.807) is 17.6 Å². The lowest BCUT2D eigenvalue weighted by Crippen LogP contribution is -2.34. The zero-order valence-corrected chi connectivity index (χ0v) is 9.50. The van der Waals surface area contributed by atoms with Gasteiger partial charge in [-0.15, -0.1) is 11.3 Å². The molecule has 0 spiro atoms. The number of hydrogen-bond donors (Lipinski definition) is 1. The molecule has 1 atom stereocenters. The molecule has 1 fully saturated rings. The van der Waals surface area contributed by atoms with E-state index in [9.17, 15) is 0 Å². The highest BCUT2D eigenvalue weighted by Gasteiger charge is 2.18. The summed E-state index contributed by atoms with van der Waals surface area (Å²) in [6.07, 6.45) is 1.67. The van der Waals surface area contributed by atoms with Crippen LogP contribution in [-0.4, -0.2) is 24.7 Å². The van der Waals surface area contributed by atoms with Crippen LogP contribution in [0.25, 0.3) is 10.8 Å². The Morgan fingerprint density at radius 1 is 1.50 bits per heavy atom. The van der Waals surface area contributed by atoms with E-state index in [1.165, 1.54) is 0 Å². The molecule has 1 saturated heterocycles. The molecule has 0 amide bonds. The molecule has 1 N–H and O–H groups in total. The summed E-state index contributed by atoms with van der Waals surface area (Å²) in [4.78, 5) is 4.56. The highest BCUT2D eigenvalue weighted by molar-refractivity contribution is 7.13. The number of rotatable bonds is 2. The Bertz CT molecular complexity index is 446. The van der Waals surface area contributed by atoms with Gasteiger partial charge in [-0.3, -0.25) is 0 Å². The summed E-state index contributed by atoms with van der Waals surface area (Å²) in [6.45, 7) is 2.37. The minimum Gasteiger partial charge on any atom is -0.462 e. The summed E-state index contributed by atoms with van der Waals surface area (Å²) in [7, 11) is 0. The predicted molar refractivity (Wildman–Crippen MR) is 61.4 cm³/mol. The van der Waals surface area contributed by atoms with Crippen molar-refractivity contribution < 1.29 is 9.15 Å². The average molecular weight is 236 g/mol. The van der Waals surface area contributed by atoms with Crippen molar-refractivity contribution in [1.82, 2.24) is 10.3 Å². The van der Waals surface area contributed by atoms with Crippen LogP contribution in [-0.2, 0) is 4.74 Å². The average Bonchev–Trinajstić information content (AvgIpc) is 3.01. The summed E-state index contributed by atoms with van der Waals surface area (Å²) < 4.78 is 10.7. The van der Waals surface area contributed by atoms with Crippen LogP contribution in [0.2, 0.25) is 0 Å². The number of ether oxygens (including phenoxy) is 1. The van der Waals surface area contributed by atoms with Gasteiger partial charge in [0.1, 0.15) is 0 Å². The number of furan rings is 1. The van der Waals surface area contributed by atoms with Crippen molar-refractivity contribution in [2.75, 3.05) is 19.8 Å². The Kier molecular flexibility index (Phi) is 2.73. The number of nitrogens with zero attached hydrogens (tertiary/aromatic N) is 1. The van der Waals surface area contributed by atoms with E-state index in [-0.39, 0.29) is 6.04 Å². The van der Waals surface area contributed by atoms with Gasteiger partial charge in [-0.05, 0) is 12.1 Å². The molecule has 2 aromatic heterocycles. The number of hydrogen-bond acceptors (Lipinski definition) is 5. The zero-order chi connectivity index (χ0) is 10.8. The van der Waals surface area contributed by atoms with E-state index >= 15 is 0 Å². The van der Waals surface area contributed by atoms with Crippen molar-refractivity contribution >= 4 is 11.3 Å². The molecule has 5 heteroatoms. The van der Waals surface area contributed by atoms with E-state index in [2.05, 4.69) is 15.7 Å². The third kappa shape index (κ3) is 1.89. The first kappa shape index (κ1) is 10.0. The molecule has 3 heterocycles. The van der Waals surface area contributed by atoms with Crippen molar-refractivity contribution in [2.45, 2.75) is 6.04 Å². The molecule has 84 valence electrons. The Labute approximate surface area is 97.3 Å². The van der Waals surface area contributed by atoms with Crippen LogP contribution in [0.1, 0.15) is 11.7 Å². The first-order valence-electron chi connectivity index (χ1n) is 5.24. The second-order valence-corrected chi connectivity index (χ2v) is 4.49.